The average Bonchev–Trinajstić information content (AvgIpc) is 2.52. The largest absolute Gasteiger partial charge is 0.341 e. The van der Waals surface area contributed by atoms with Crippen LogP contribution >= 0.6 is 0 Å². The monoisotopic (exact) mass is 303 g/mol. The second kappa shape index (κ2) is 8.50. The van der Waals surface area contributed by atoms with Gasteiger partial charge in [0.2, 0.25) is 5.95 Å². The van der Waals surface area contributed by atoms with E-state index in [0.29, 0.717) is 0 Å². The Labute approximate surface area is 136 Å². The minimum atomic E-state index is 0.802. The highest BCUT2D eigenvalue weighted by molar-refractivity contribution is 5.30. The predicted octanol–water partition coefficient (Wildman–Crippen LogP) is 4.72. The molecule has 0 atom stereocenters. The lowest BCUT2D eigenvalue weighted by molar-refractivity contribution is 0.310. The summed E-state index contributed by atoms with van der Waals surface area (Å²) in [6, 6.07) is 0. The minimum absolute atomic E-state index is 0.802. The lowest BCUT2D eigenvalue weighted by atomic mass is 9.87. The molecule has 2 heterocycles. The molecule has 3 heteroatoms. The van der Waals surface area contributed by atoms with Gasteiger partial charge in [-0.15, -0.1) is 0 Å². The lowest BCUT2D eigenvalue weighted by Crippen LogP contribution is -2.36. The van der Waals surface area contributed by atoms with Crippen molar-refractivity contribution in [3.8, 4) is 0 Å². The molecule has 22 heavy (non-hydrogen) atoms. The number of anilines is 1. The van der Waals surface area contributed by atoms with Crippen molar-refractivity contribution in [1.82, 2.24) is 9.97 Å². The van der Waals surface area contributed by atoms with Gasteiger partial charge < -0.3 is 4.90 Å². The van der Waals surface area contributed by atoms with Crippen LogP contribution in [0.3, 0.4) is 0 Å². The molecule has 1 aliphatic rings. The van der Waals surface area contributed by atoms with Crippen molar-refractivity contribution < 1.29 is 0 Å². The van der Waals surface area contributed by atoms with Gasteiger partial charge in [-0.05, 0) is 49.0 Å². The van der Waals surface area contributed by atoms with Crippen molar-refractivity contribution in [1.29, 1.82) is 0 Å². The van der Waals surface area contributed by atoms with Crippen LogP contribution in [0.25, 0.3) is 0 Å². The van der Waals surface area contributed by atoms with Gasteiger partial charge in [-0.1, -0.05) is 40.5 Å². The number of aryl methyl sites for hydroxylation is 1. The van der Waals surface area contributed by atoms with E-state index >= 15 is 0 Å². The average molecular weight is 303 g/mol. The second-order valence-electron chi connectivity index (χ2n) is 7.60. The van der Waals surface area contributed by atoms with Gasteiger partial charge in [0, 0.05) is 25.5 Å². The fourth-order valence-corrected chi connectivity index (χ4v) is 3.29. The van der Waals surface area contributed by atoms with Crippen molar-refractivity contribution in [3.05, 3.63) is 18.0 Å². The molecular weight excluding hydrogens is 270 g/mol. The first-order chi connectivity index (χ1) is 10.6. The molecule has 0 N–H and O–H groups in total. The van der Waals surface area contributed by atoms with Crippen LogP contribution in [-0.2, 0) is 6.42 Å². The molecule has 1 saturated heterocycles. The van der Waals surface area contributed by atoms with Crippen molar-refractivity contribution in [2.45, 2.75) is 66.2 Å². The summed E-state index contributed by atoms with van der Waals surface area (Å²) in [5.41, 5.74) is 1.28. The number of unbranched alkanes of at least 4 members (excludes halogenated alkanes) is 1. The molecule has 1 aliphatic heterocycles. The van der Waals surface area contributed by atoms with E-state index in [9.17, 15) is 0 Å². The van der Waals surface area contributed by atoms with Crippen LogP contribution in [0.4, 0.5) is 5.95 Å². The van der Waals surface area contributed by atoms with Crippen LogP contribution in [0.15, 0.2) is 12.4 Å². The highest BCUT2D eigenvalue weighted by atomic mass is 15.2. The number of hydrogen-bond acceptors (Lipinski definition) is 3. The van der Waals surface area contributed by atoms with E-state index in [0.717, 1.165) is 43.2 Å². The molecule has 2 rings (SSSR count). The summed E-state index contributed by atoms with van der Waals surface area (Å²) >= 11 is 0. The molecule has 0 amide bonds. The third-order valence-electron chi connectivity index (χ3n) is 4.95. The molecule has 3 nitrogen and oxygen atoms in total. The molecule has 0 spiro atoms. The van der Waals surface area contributed by atoms with Gasteiger partial charge in [-0.2, -0.15) is 0 Å². The quantitative estimate of drug-likeness (QED) is 0.683. The molecule has 124 valence electrons. The number of piperidine rings is 1. The predicted molar refractivity (Wildman–Crippen MR) is 94.2 cm³/mol. The summed E-state index contributed by atoms with van der Waals surface area (Å²) in [6.45, 7) is 11.5. The summed E-state index contributed by atoms with van der Waals surface area (Å²) in [5.74, 6) is 3.41. The van der Waals surface area contributed by atoms with E-state index < -0.39 is 0 Å². The number of hydrogen-bond donors (Lipinski definition) is 0. The fraction of sp³-hybridized carbons (Fsp3) is 0.789. The Morgan fingerprint density at radius 3 is 2.23 bits per heavy atom. The Kier molecular flexibility index (Phi) is 6.66. The molecule has 0 aromatic carbocycles. The second-order valence-corrected chi connectivity index (χ2v) is 7.60. The zero-order chi connectivity index (χ0) is 15.9. The fourth-order valence-electron chi connectivity index (χ4n) is 3.29. The van der Waals surface area contributed by atoms with Gasteiger partial charge >= 0.3 is 0 Å². The maximum Gasteiger partial charge on any atom is 0.225 e. The topological polar surface area (TPSA) is 29.0 Å². The maximum atomic E-state index is 4.60. The maximum absolute atomic E-state index is 4.60. The third-order valence-corrected chi connectivity index (χ3v) is 4.95. The Bertz CT molecular complexity index is 417. The Morgan fingerprint density at radius 1 is 1.05 bits per heavy atom. The summed E-state index contributed by atoms with van der Waals surface area (Å²) < 4.78 is 0. The summed E-state index contributed by atoms with van der Waals surface area (Å²) in [6.07, 6.45) is 11.6. The first kappa shape index (κ1) is 17.2. The smallest absolute Gasteiger partial charge is 0.225 e. The van der Waals surface area contributed by atoms with E-state index in [-0.39, 0.29) is 0 Å². The van der Waals surface area contributed by atoms with Crippen molar-refractivity contribution in [3.63, 3.8) is 0 Å². The normalized spacial score (nSPS) is 16.7. The zero-order valence-electron chi connectivity index (χ0n) is 14.9. The summed E-state index contributed by atoms with van der Waals surface area (Å²) in [4.78, 5) is 11.6. The van der Waals surface area contributed by atoms with Gasteiger partial charge in [0.25, 0.3) is 0 Å². The van der Waals surface area contributed by atoms with Crippen molar-refractivity contribution in [2.75, 3.05) is 18.0 Å². The summed E-state index contributed by atoms with van der Waals surface area (Å²) in [5, 5.41) is 0. The third kappa shape index (κ3) is 5.26. The highest BCUT2D eigenvalue weighted by Gasteiger charge is 2.22. The molecule has 1 aromatic rings. The van der Waals surface area contributed by atoms with Crippen molar-refractivity contribution in [2.24, 2.45) is 17.8 Å². The van der Waals surface area contributed by atoms with Gasteiger partial charge in [-0.25, -0.2) is 9.97 Å². The van der Waals surface area contributed by atoms with E-state index in [1.165, 1.54) is 37.7 Å². The molecule has 0 radical (unpaired) electrons. The van der Waals surface area contributed by atoms with E-state index in [2.05, 4.69) is 42.6 Å². The molecule has 0 unspecified atom stereocenters. The van der Waals surface area contributed by atoms with Gasteiger partial charge in [0.15, 0.2) is 0 Å². The van der Waals surface area contributed by atoms with Crippen LogP contribution in [0.1, 0.15) is 65.4 Å². The number of nitrogens with zero attached hydrogens (tertiary/aromatic N) is 3. The van der Waals surface area contributed by atoms with Crippen LogP contribution in [0.5, 0.6) is 0 Å². The molecule has 0 saturated carbocycles. The molecule has 1 aromatic heterocycles. The van der Waals surface area contributed by atoms with Crippen LogP contribution in [0, 0.1) is 17.8 Å². The Morgan fingerprint density at radius 2 is 1.68 bits per heavy atom. The Balaban J connectivity index is 1.77. The van der Waals surface area contributed by atoms with E-state index in [4.69, 9.17) is 0 Å². The van der Waals surface area contributed by atoms with Gasteiger partial charge in [-0.3, -0.25) is 0 Å². The SMILES string of the molecule is CC(C)CCCCc1cnc(N2CCC(C(C)C)CC2)nc1. The van der Waals surface area contributed by atoms with Crippen LogP contribution in [-0.4, -0.2) is 23.1 Å². The lowest BCUT2D eigenvalue weighted by Gasteiger charge is -2.33. The number of aromatic nitrogens is 2. The van der Waals surface area contributed by atoms with Crippen LogP contribution < -0.4 is 4.90 Å². The Hall–Kier alpha value is -1.12. The standard InChI is InChI=1S/C19H33N3/c1-15(2)7-5-6-8-17-13-20-19(21-14-17)22-11-9-18(10-12-22)16(3)4/h13-16,18H,5-12H2,1-4H3. The molecule has 0 aliphatic carbocycles. The summed E-state index contributed by atoms with van der Waals surface area (Å²) in [7, 11) is 0. The number of rotatable bonds is 7. The van der Waals surface area contributed by atoms with E-state index in [1.807, 2.05) is 12.4 Å². The van der Waals surface area contributed by atoms with Crippen molar-refractivity contribution >= 4 is 5.95 Å². The highest BCUT2D eigenvalue weighted by Crippen LogP contribution is 2.26. The van der Waals surface area contributed by atoms with E-state index in [1.54, 1.807) is 0 Å². The van der Waals surface area contributed by atoms with Gasteiger partial charge in [0.05, 0.1) is 0 Å². The zero-order valence-corrected chi connectivity index (χ0v) is 14.9. The minimum Gasteiger partial charge on any atom is -0.341 e. The molecular formula is C19H33N3. The first-order valence-electron chi connectivity index (χ1n) is 9.12. The molecule has 0 bridgehead atoms. The van der Waals surface area contributed by atoms with Gasteiger partial charge in [0.1, 0.15) is 0 Å². The first-order valence-corrected chi connectivity index (χ1v) is 9.12. The molecule has 1 fully saturated rings. The van der Waals surface area contributed by atoms with Crippen LogP contribution in [0.2, 0.25) is 0 Å².